The summed E-state index contributed by atoms with van der Waals surface area (Å²) in [4.78, 5) is 0.921. The summed E-state index contributed by atoms with van der Waals surface area (Å²) in [5.74, 6) is 0. The normalized spacial score (nSPS) is 11.5. The Morgan fingerprint density at radius 1 is 1.20 bits per heavy atom. The Morgan fingerprint density at radius 2 is 1.96 bits per heavy atom. The van der Waals surface area contributed by atoms with Gasteiger partial charge in [0.1, 0.15) is 6.33 Å². The van der Waals surface area contributed by atoms with Gasteiger partial charge in [0.2, 0.25) is 0 Å². The highest BCUT2D eigenvalue weighted by Crippen LogP contribution is 2.33. The first-order valence-corrected chi connectivity index (χ1v) is 9.94. The van der Waals surface area contributed by atoms with Crippen LogP contribution in [0, 0.1) is 6.92 Å². The fourth-order valence-electron chi connectivity index (χ4n) is 2.22. The lowest BCUT2D eigenvalue weighted by atomic mass is 10.2. The molecule has 0 aliphatic rings. The first-order chi connectivity index (χ1) is 11.9. The van der Waals surface area contributed by atoms with Gasteiger partial charge in [-0.05, 0) is 54.6 Å². The number of rotatable bonds is 5. The molecule has 9 heteroatoms. The van der Waals surface area contributed by atoms with Gasteiger partial charge >= 0.3 is 0 Å². The Kier molecular flexibility index (Phi) is 5.03. The van der Waals surface area contributed by atoms with E-state index in [1.165, 1.54) is 17.8 Å². The van der Waals surface area contributed by atoms with Crippen molar-refractivity contribution in [1.29, 1.82) is 0 Å². The van der Waals surface area contributed by atoms with Crippen LogP contribution in [0.1, 0.15) is 5.56 Å². The van der Waals surface area contributed by atoms with Crippen LogP contribution in [0.15, 0.2) is 63.7 Å². The van der Waals surface area contributed by atoms with E-state index in [0.29, 0.717) is 21.4 Å². The van der Waals surface area contributed by atoms with Gasteiger partial charge < -0.3 is 4.57 Å². The average Bonchev–Trinajstić information content (AvgIpc) is 2.93. The SMILES string of the molecule is Cc1cc(Cl)ccc1S(=O)(=O)Nc1ccccc1Sc1nncn1C. The minimum absolute atomic E-state index is 0.190. The minimum atomic E-state index is -3.74. The first-order valence-electron chi connectivity index (χ1n) is 7.27. The molecule has 1 aromatic heterocycles. The number of benzene rings is 2. The van der Waals surface area contributed by atoms with Crippen molar-refractivity contribution in [2.45, 2.75) is 21.9 Å². The summed E-state index contributed by atoms with van der Waals surface area (Å²) in [6.07, 6.45) is 1.59. The highest BCUT2D eigenvalue weighted by molar-refractivity contribution is 7.99. The molecule has 6 nitrogen and oxygen atoms in total. The van der Waals surface area contributed by atoms with Crippen LogP contribution in [-0.4, -0.2) is 23.2 Å². The second-order valence-electron chi connectivity index (χ2n) is 5.34. The van der Waals surface area contributed by atoms with Crippen molar-refractivity contribution in [3.05, 3.63) is 59.4 Å². The molecule has 0 amide bonds. The van der Waals surface area contributed by atoms with Gasteiger partial charge in [0.15, 0.2) is 5.16 Å². The molecule has 0 saturated heterocycles. The Hall–Kier alpha value is -2.03. The number of hydrogen-bond donors (Lipinski definition) is 1. The van der Waals surface area contributed by atoms with Gasteiger partial charge in [-0.25, -0.2) is 8.42 Å². The second kappa shape index (κ2) is 7.07. The summed E-state index contributed by atoms with van der Waals surface area (Å²) < 4.78 is 29.9. The molecule has 130 valence electrons. The fraction of sp³-hybridized carbons (Fsp3) is 0.125. The lowest BCUT2D eigenvalue weighted by Crippen LogP contribution is -2.14. The van der Waals surface area contributed by atoms with Gasteiger partial charge in [-0.15, -0.1) is 10.2 Å². The molecule has 0 saturated carbocycles. The van der Waals surface area contributed by atoms with Crippen molar-refractivity contribution >= 4 is 39.1 Å². The minimum Gasteiger partial charge on any atom is -0.311 e. The Morgan fingerprint density at radius 3 is 2.64 bits per heavy atom. The quantitative estimate of drug-likeness (QED) is 0.713. The van der Waals surface area contributed by atoms with Crippen LogP contribution < -0.4 is 4.72 Å². The molecule has 0 radical (unpaired) electrons. The topological polar surface area (TPSA) is 76.9 Å². The van der Waals surface area contributed by atoms with Crippen molar-refractivity contribution in [1.82, 2.24) is 14.8 Å². The van der Waals surface area contributed by atoms with Crippen LogP contribution in [0.2, 0.25) is 5.02 Å². The number of hydrogen-bond acceptors (Lipinski definition) is 5. The third-order valence-corrected chi connectivity index (χ3v) is 6.32. The van der Waals surface area contributed by atoms with Gasteiger partial charge in [0, 0.05) is 17.0 Å². The molecule has 0 aliphatic heterocycles. The van der Waals surface area contributed by atoms with Crippen molar-refractivity contribution in [2.75, 3.05) is 4.72 Å². The van der Waals surface area contributed by atoms with Crippen molar-refractivity contribution in [3.63, 3.8) is 0 Å². The molecular weight excluding hydrogens is 380 g/mol. The van der Waals surface area contributed by atoms with E-state index in [4.69, 9.17) is 11.6 Å². The van der Waals surface area contributed by atoms with Crippen LogP contribution in [-0.2, 0) is 17.1 Å². The van der Waals surface area contributed by atoms with E-state index >= 15 is 0 Å². The summed E-state index contributed by atoms with van der Waals surface area (Å²) in [5, 5.41) is 9.00. The van der Waals surface area contributed by atoms with Crippen LogP contribution in [0.5, 0.6) is 0 Å². The number of para-hydroxylation sites is 1. The molecule has 0 bridgehead atoms. The van der Waals surface area contributed by atoms with Crippen molar-refractivity contribution < 1.29 is 8.42 Å². The zero-order valence-electron chi connectivity index (χ0n) is 13.5. The molecular formula is C16H15ClN4O2S2. The predicted molar refractivity (Wildman–Crippen MR) is 98.6 cm³/mol. The van der Waals surface area contributed by atoms with Gasteiger partial charge in [-0.1, -0.05) is 23.7 Å². The van der Waals surface area contributed by atoms with E-state index in [-0.39, 0.29) is 4.90 Å². The summed E-state index contributed by atoms with van der Waals surface area (Å²) in [7, 11) is -1.91. The third-order valence-electron chi connectivity index (χ3n) is 3.43. The standard InChI is InChI=1S/C16H15ClN4O2S2/c1-11-9-12(17)7-8-15(11)25(22,23)20-13-5-3-4-6-14(13)24-16-19-18-10-21(16)2/h3-10,20H,1-2H3. The van der Waals surface area contributed by atoms with Crippen LogP contribution in [0.25, 0.3) is 0 Å². The van der Waals surface area contributed by atoms with Gasteiger partial charge in [-0.3, -0.25) is 4.72 Å². The van der Waals surface area contributed by atoms with Crippen molar-refractivity contribution in [2.24, 2.45) is 7.05 Å². The van der Waals surface area contributed by atoms with Gasteiger partial charge in [0.25, 0.3) is 10.0 Å². The molecule has 2 aromatic carbocycles. The maximum Gasteiger partial charge on any atom is 0.262 e. The van der Waals surface area contributed by atoms with E-state index in [1.807, 2.05) is 19.2 Å². The molecule has 3 aromatic rings. The molecule has 3 rings (SSSR count). The smallest absolute Gasteiger partial charge is 0.262 e. The number of nitrogens with one attached hydrogen (secondary N) is 1. The monoisotopic (exact) mass is 394 g/mol. The van der Waals surface area contributed by atoms with E-state index in [0.717, 1.165) is 4.90 Å². The maximum atomic E-state index is 12.8. The van der Waals surface area contributed by atoms with Crippen molar-refractivity contribution in [3.8, 4) is 0 Å². The molecule has 0 fully saturated rings. The van der Waals surface area contributed by atoms with E-state index in [2.05, 4.69) is 14.9 Å². The molecule has 0 unspecified atom stereocenters. The zero-order chi connectivity index (χ0) is 18.0. The van der Waals surface area contributed by atoms with E-state index in [9.17, 15) is 8.42 Å². The van der Waals surface area contributed by atoms with Gasteiger partial charge in [-0.2, -0.15) is 0 Å². The molecule has 0 aliphatic carbocycles. The highest BCUT2D eigenvalue weighted by atomic mass is 35.5. The Balaban J connectivity index is 1.94. The summed E-state index contributed by atoms with van der Waals surface area (Å²) in [5.41, 5.74) is 1.06. The third kappa shape index (κ3) is 3.97. The molecule has 0 spiro atoms. The largest absolute Gasteiger partial charge is 0.311 e. The summed E-state index contributed by atoms with van der Waals surface area (Å²) in [6, 6.07) is 11.8. The second-order valence-corrected chi connectivity index (χ2v) is 8.43. The molecule has 0 atom stereocenters. The average molecular weight is 395 g/mol. The summed E-state index contributed by atoms with van der Waals surface area (Å²) >= 11 is 7.24. The molecule has 1 N–H and O–H groups in total. The zero-order valence-corrected chi connectivity index (χ0v) is 15.9. The number of nitrogens with zero attached hydrogens (tertiary/aromatic N) is 3. The number of aryl methyl sites for hydroxylation is 2. The Labute approximate surface area is 155 Å². The van der Waals surface area contributed by atoms with Gasteiger partial charge in [0.05, 0.1) is 10.6 Å². The summed E-state index contributed by atoms with van der Waals surface area (Å²) in [6.45, 7) is 1.71. The van der Waals surface area contributed by atoms with Crippen LogP contribution in [0.3, 0.4) is 0 Å². The number of anilines is 1. The number of aromatic nitrogens is 3. The van der Waals surface area contributed by atoms with E-state index < -0.39 is 10.0 Å². The van der Waals surface area contributed by atoms with Crippen LogP contribution >= 0.6 is 23.4 Å². The lowest BCUT2D eigenvalue weighted by Gasteiger charge is -2.13. The van der Waals surface area contributed by atoms with Crippen LogP contribution in [0.4, 0.5) is 5.69 Å². The highest BCUT2D eigenvalue weighted by Gasteiger charge is 2.19. The number of sulfonamides is 1. The fourth-order valence-corrected chi connectivity index (χ4v) is 4.67. The maximum absolute atomic E-state index is 12.8. The predicted octanol–water partition coefficient (Wildman–Crippen LogP) is 3.73. The lowest BCUT2D eigenvalue weighted by molar-refractivity contribution is 0.600. The Bertz CT molecular complexity index is 1020. The first kappa shape index (κ1) is 17.8. The number of halogens is 1. The molecule has 25 heavy (non-hydrogen) atoms. The molecule has 1 heterocycles. The van der Waals surface area contributed by atoms with E-state index in [1.54, 1.807) is 42.1 Å².